The summed E-state index contributed by atoms with van der Waals surface area (Å²) in [5.41, 5.74) is 1.39. The smallest absolute Gasteiger partial charge is 0.408 e. The number of nitrogens with zero attached hydrogens (tertiary/aromatic N) is 4. The largest absolute Gasteiger partial charge is 0.497 e. The molecule has 0 saturated carbocycles. The van der Waals surface area contributed by atoms with Crippen molar-refractivity contribution in [3.63, 3.8) is 0 Å². The summed E-state index contributed by atoms with van der Waals surface area (Å²) in [6, 6.07) is 14.1. The average Bonchev–Trinajstić information content (AvgIpc) is 3.49. The van der Waals surface area contributed by atoms with Crippen LogP contribution in [0.15, 0.2) is 59.6 Å². The van der Waals surface area contributed by atoms with Crippen LogP contribution in [0.1, 0.15) is 60.8 Å². The summed E-state index contributed by atoms with van der Waals surface area (Å²) in [6.07, 6.45) is 1.40. The molecule has 0 spiro atoms. The molecule has 3 N–H and O–H groups in total. The molecule has 50 heavy (non-hydrogen) atoms. The van der Waals surface area contributed by atoms with E-state index in [0.29, 0.717) is 29.1 Å². The number of methoxy groups -OCH3 is 1. The van der Waals surface area contributed by atoms with Crippen LogP contribution in [0.3, 0.4) is 0 Å². The maximum atomic E-state index is 14.4. The van der Waals surface area contributed by atoms with Crippen LogP contribution in [-0.4, -0.2) is 82.3 Å². The number of alkyl carbamates (subject to hydrolysis) is 1. The standard InChI is InChI=1S/C37H46N6O7/c1-8-12-27(35(45)46)41-33(39-21-38)30-18-25(20-43(30)34(44)32(22(2)3)42-36(47)50-37(4,5)6)49-31-19-28(23-13-10-9-11-14-23)40-29-17-24(48-7)15-16-26(29)31/h9-11,13-17,19,22,25,27,30,32H,8,12,18,20H2,1-7H3,(H,39,41)(H,42,47)(H,45,46)/t25?,27-,30-,32-/m0/s1. The monoisotopic (exact) mass is 686 g/mol. The lowest BCUT2D eigenvalue weighted by Gasteiger charge is -2.32. The fourth-order valence-corrected chi connectivity index (χ4v) is 5.83. The molecule has 2 aromatic carbocycles. The lowest BCUT2D eigenvalue weighted by atomic mass is 10.0. The number of nitriles is 1. The minimum absolute atomic E-state index is 0.0295. The maximum Gasteiger partial charge on any atom is 0.408 e. The number of amidine groups is 1. The number of benzene rings is 2. The number of hydrogen-bond acceptors (Lipinski definition) is 9. The first-order valence-corrected chi connectivity index (χ1v) is 16.7. The fraction of sp³-hybridized carbons (Fsp3) is 0.459. The molecule has 3 aromatic rings. The Balaban J connectivity index is 1.76. The second-order valence-electron chi connectivity index (χ2n) is 13.5. The van der Waals surface area contributed by atoms with Gasteiger partial charge >= 0.3 is 12.1 Å². The highest BCUT2D eigenvalue weighted by molar-refractivity contribution is 5.97. The van der Waals surface area contributed by atoms with Gasteiger partial charge in [-0.15, -0.1) is 0 Å². The van der Waals surface area contributed by atoms with E-state index in [1.165, 1.54) is 4.90 Å². The van der Waals surface area contributed by atoms with Gasteiger partial charge in [-0.25, -0.2) is 14.6 Å². The Bertz CT molecular complexity index is 1750. The Labute approximate surface area is 292 Å². The van der Waals surface area contributed by atoms with Gasteiger partial charge in [0.15, 0.2) is 0 Å². The first-order valence-electron chi connectivity index (χ1n) is 16.7. The van der Waals surface area contributed by atoms with E-state index in [1.54, 1.807) is 47.9 Å². The summed E-state index contributed by atoms with van der Waals surface area (Å²) in [4.78, 5) is 49.7. The van der Waals surface area contributed by atoms with Crippen LogP contribution in [0, 0.1) is 17.4 Å². The molecule has 1 unspecified atom stereocenters. The Morgan fingerprint density at radius 1 is 1.12 bits per heavy atom. The molecule has 1 aromatic heterocycles. The second kappa shape index (κ2) is 16.3. The van der Waals surface area contributed by atoms with Crippen LogP contribution >= 0.6 is 0 Å². The quantitative estimate of drug-likeness (QED) is 0.125. The molecule has 1 aliphatic heterocycles. The van der Waals surface area contributed by atoms with E-state index in [0.717, 1.165) is 10.9 Å². The van der Waals surface area contributed by atoms with Gasteiger partial charge in [-0.2, -0.15) is 10.3 Å². The van der Waals surface area contributed by atoms with E-state index in [9.17, 15) is 24.8 Å². The number of pyridine rings is 1. The minimum Gasteiger partial charge on any atom is -0.497 e. The number of nitrogens with one attached hydrogen (secondary N) is 2. The van der Waals surface area contributed by atoms with E-state index < -0.39 is 47.8 Å². The molecule has 0 radical (unpaired) electrons. The first-order chi connectivity index (χ1) is 23.7. The highest BCUT2D eigenvalue weighted by atomic mass is 16.6. The molecule has 13 heteroatoms. The molecule has 2 heterocycles. The highest BCUT2D eigenvalue weighted by Crippen LogP contribution is 2.35. The van der Waals surface area contributed by atoms with Crippen molar-refractivity contribution in [2.75, 3.05) is 13.7 Å². The lowest BCUT2D eigenvalue weighted by Crippen LogP contribution is -2.57. The topological polar surface area (TPSA) is 175 Å². The number of aromatic nitrogens is 1. The summed E-state index contributed by atoms with van der Waals surface area (Å²) in [5.74, 6) is -0.741. The number of amides is 2. The van der Waals surface area contributed by atoms with Crippen LogP contribution in [0.4, 0.5) is 4.79 Å². The van der Waals surface area contributed by atoms with Crippen molar-refractivity contribution in [2.24, 2.45) is 10.9 Å². The third kappa shape index (κ3) is 9.40. The first kappa shape index (κ1) is 37.4. The number of ether oxygens (including phenoxy) is 3. The van der Waals surface area contributed by atoms with Gasteiger partial charge in [0, 0.05) is 29.5 Å². The van der Waals surface area contributed by atoms with Gasteiger partial charge in [-0.05, 0) is 45.2 Å². The molecular formula is C37H46N6O7. The molecule has 266 valence electrons. The SMILES string of the molecule is CCC[C@H](NC(=NC#N)[C@@H]1CC(Oc2cc(-c3ccccc3)nc3cc(OC)ccc23)CN1C(=O)[C@@H](NC(=O)OC(C)(C)C)C(C)C)C(=O)O. The highest BCUT2D eigenvalue weighted by Gasteiger charge is 2.44. The third-order valence-electron chi connectivity index (χ3n) is 8.18. The summed E-state index contributed by atoms with van der Waals surface area (Å²) in [5, 5.41) is 25.9. The number of rotatable bonds is 12. The van der Waals surface area contributed by atoms with Crippen molar-refractivity contribution in [1.29, 1.82) is 5.26 Å². The zero-order valence-electron chi connectivity index (χ0n) is 29.6. The maximum absolute atomic E-state index is 14.4. The zero-order valence-corrected chi connectivity index (χ0v) is 29.6. The number of carboxylic acids is 1. The Hall–Kier alpha value is -5.38. The van der Waals surface area contributed by atoms with Crippen molar-refractivity contribution < 1.29 is 33.7 Å². The van der Waals surface area contributed by atoms with Crippen molar-refractivity contribution >= 4 is 34.7 Å². The van der Waals surface area contributed by atoms with Crippen LogP contribution in [0.25, 0.3) is 22.2 Å². The van der Waals surface area contributed by atoms with E-state index in [2.05, 4.69) is 15.6 Å². The lowest BCUT2D eigenvalue weighted by molar-refractivity contribution is -0.139. The summed E-state index contributed by atoms with van der Waals surface area (Å²) in [6.45, 7) is 10.7. The molecule has 1 aliphatic rings. The number of hydrogen-bond donors (Lipinski definition) is 3. The number of carboxylic acid groups (broad SMARTS) is 1. The van der Waals surface area contributed by atoms with Gasteiger partial charge in [0.2, 0.25) is 12.1 Å². The molecule has 0 aliphatic carbocycles. The third-order valence-corrected chi connectivity index (χ3v) is 8.18. The molecule has 4 rings (SSSR count). The molecule has 1 saturated heterocycles. The summed E-state index contributed by atoms with van der Waals surface area (Å²) < 4.78 is 17.6. The molecule has 13 nitrogen and oxygen atoms in total. The molecule has 1 fully saturated rings. The van der Waals surface area contributed by atoms with E-state index in [4.69, 9.17) is 19.2 Å². The predicted molar refractivity (Wildman–Crippen MR) is 189 cm³/mol. The molecule has 4 atom stereocenters. The Kier molecular flexibility index (Phi) is 12.2. The van der Waals surface area contributed by atoms with Gasteiger partial charge in [0.25, 0.3) is 0 Å². The number of carbonyl (C=O) groups excluding carboxylic acids is 2. The van der Waals surface area contributed by atoms with E-state index >= 15 is 0 Å². The van der Waals surface area contributed by atoms with Crippen LogP contribution in [0.2, 0.25) is 0 Å². The Morgan fingerprint density at radius 3 is 2.44 bits per heavy atom. The van der Waals surface area contributed by atoms with Gasteiger partial charge in [-0.3, -0.25) is 4.79 Å². The molecule has 2 amide bonds. The number of aliphatic imine (C=N–C) groups is 1. The molecular weight excluding hydrogens is 640 g/mol. The fourth-order valence-electron chi connectivity index (χ4n) is 5.83. The summed E-state index contributed by atoms with van der Waals surface area (Å²) >= 11 is 0. The summed E-state index contributed by atoms with van der Waals surface area (Å²) in [7, 11) is 1.58. The van der Waals surface area contributed by atoms with Crippen molar-refractivity contribution in [1.82, 2.24) is 20.5 Å². The zero-order chi connectivity index (χ0) is 36.6. The normalized spacial score (nSPS) is 17.5. The molecule has 0 bridgehead atoms. The van der Waals surface area contributed by atoms with Crippen LogP contribution < -0.4 is 20.1 Å². The van der Waals surface area contributed by atoms with E-state index in [-0.39, 0.29) is 31.1 Å². The Morgan fingerprint density at radius 2 is 1.84 bits per heavy atom. The van der Waals surface area contributed by atoms with E-state index in [1.807, 2.05) is 61.5 Å². The van der Waals surface area contributed by atoms with Gasteiger partial charge in [-0.1, -0.05) is 57.5 Å². The van der Waals surface area contributed by atoms with Gasteiger partial charge in [0.1, 0.15) is 41.1 Å². The second-order valence-corrected chi connectivity index (χ2v) is 13.5. The number of carbonyl (C=O) groups is 3. The van der Waals surface area contributed by atoms with Gasteiger partial charge in [0.05, 0.1) is 30.9 Å². The van der Waals surface area contributed by atoms with Crippen molar-refractivity contribution in [3.8, 4) is 28.9 Å². The predicted octanol–water partition coefficient (Wildman–Crippen LogP) is 5.53. The number of likely N-dealkylation sites (tertiary alicyclic amines) is 1. The number of aliphatic carboxylic acids is 1. The average molecular weight is 687 g/mol. The van der Waals surface area contributed by atoms with Gasteiger partial charge < -0.3 is 34.9 Å². The van der Waals surface area contributed by atoms with Crippen molar-refractivity contribution in [3.05, 3.63) is 54.6 Å². The number of fused-ring (bicyclic) bond motifs is 1. The minimum atomic E-state index is -1.11. The van der Waals surface area contributed by atoms with Crippen LogP contribution in [0.5, 0.6) is 11.5 Å². The van der Waals surface area contributed by atoms with Crippen molar-refractivity contribution in [2.45, 2.75) is 90.6 Å². The van der Waals surface area contributed by atoms with Crippen LogP contribution in [-0.2, 0) is 14.3 Å².